The first-order valence-corrected chi connectivity index (χ1v) is 15.3. The van der Waals surface area contributed by atoms with E-state index in [1.165, 1.54) is 0 Å². The number of furan rings is 1. The molecule has 48 heavy (non-hydrogen) atoms. The Bertz CT molecular complexity index is 2850. The highest BCUT2D eigenvalue weighted by Crippen LogP contribution is 2.50. The average molecular weight is 627 g/mol. The molecule has 3 N–H and O–H groups in total. The molecule has 0 atom stereocenters. The van der Waals surface area contributed by atoms with E-state index < -0.39 is 0 Å². The van der Waals surface area contributed by atoms with E-state index in [-0.39, 0.29) is 5.69 Å². The van der Waals surface area contributed by atoms with Crippen LogP contribution < -0.4 is 5.69 Å². The van der Waals surface area contributed by atoms with Crippen molar-refractivity contribution in [1.82, 2.24) is 40.0 Å². The first kappa shape index (κ1) is 26.2. The maximum Gasteiger partial charge on any atom is 0.331 e. The number of nitrogens with zero attached hydrogens (tertiary/aromatic N) is 5. The normalized spacial score (nSPS) is 11.8. The van der Waals surface area contributed by atoms with Gasteiger partial charge in [-0.25, -0.2) is 14.4 Å². The second-order valence-corrected chi connectivity index (χ2v) is 11.5. The summed E-state index contributed by atoms with van der Waals surface area (Å²) in [4.78, 5) is 25.1. The number of benzene rings is 5. The molecule has 0 amide bonds. The number of aromatic nitrogens is 8. The Labute approximate surface area is 269 Å². The van der Waals surface area contributed by atoms with Gasteiger partial charge in [-0.3, -0.25) is 9.67 Å². The number of rotatable bonds is 5. The van der Waals surface area contributed by atoms with Crippen LogP contribution in [0.1, 0.15) is 0 Å². The Kier molecular flexibility index (Phi) is 5.46. The monoisotopic (exact) mass is 626 g/mol. The highest BCUT2D eigenvalue weighted by atomic mass is 16.6. The average Bonchev–Trinajstić information content (AvgIpc) is 3.96. The van der Waals surface area contributed by atoms with Gasteiger partial charge >= 0.3 is 5.69 Å². The molecule has 0 spiro atoms. The van der Waals surface area contributed by atoms with E-state index in [9.17, 15) is 4.79 Å². The first-order valence-electron chi connectivity index (χ1n) is 15.3. The third-order valence-corrected chi connectivity index (χ3v) is 8.82. The van der Waals surface area contributed by atoms with Gasteiger partial charge in [-0.2, -0.15) is 5.10 Å². The molecule has 5 aromatic heterocycles. The van der Waals surface area contributed by atoms with Gasteiger partial charge in [0.15, 0.2) is 0 Å². The van der Waals surface area contributed by atoms with Crippen molar-refractivity contribution in [3.8, 4) is 50.8 Å². The zero-order valence-electron chi connectivity index (χ0n) is 24.9. The van der Waals surface area contributed by atoms with Crippen LogP contribution in [0.25, 0.3) is 94.7 Å². The lowest BCUT2D eigenvalue weighted by molar-refractivity contribution is 0.315. The van der Waals surface area contributed by atoms with E-state index in [0.29, 0.717) is 61.7 Å². The van der Waals surface area contributed by atoms with E-state index in [2.05, 4.69) is 25.4 Å². The van der Waals surface area contributed by atoms with Gasteiger partial charge < -0.3 is 14.4 Å². The fraction of sp³-hybridized carbons (Fsp3) is 0. The molecule has 10 rings (SSSR count). The molecule has 10 aromatic rings. The molecular weight excluding hydrogens is 604 g/mol. The molecule has 0 aliphatic carbocycles. The van der Waals surface area contributed by atoms with Crippen LogP contribution in [-0.4, -0.2) is 40.0 Å². The summed E-state index contributed by atoms with van der Waals surface area (Å²) in [6.45, 7) is 0. The highest BCUT2D eigenvalue weighted by molar-refractivity contribution is 6.10. The molecule has 5 aromatic carbocycles. The van der Waals surface area contributed by atoms with E-state index in [1.807, 2.05) is 103 Å². The van der Waals surface area contributed by atoms with Crippen molar-refractivity contribution in [3.63, 3.8) is 0 Å². The van der Waals surface area contributed by atoms with E-state index in [1.54, 1.807) is 17.0 Å². The molecule has 0 bridgehead atoms. The number of nitrogens with one attached hydrogen (secondary N) is 3. The molecule has 0 unspecified atom stereocenters. The van der Waals surface area contributed by atoms with Crippen molar-refractivity contribution < 1.29 is 9.05 Å². The lowest BCUT2D eigenvalue weighted by Gasteiger charge is -2.21. The maximum atomic E-state index is 14.1. The summed E-state index contributed by atoms with van der Waals surface area (Å²) in [5, 5.41) is 18.4. The Morgan fingerprint density at radius 1 is 0.750 bits per heavy atom. The quantitative estimate of drug-likeness (QED) is 0.176. The zero-order valence-corrected chi connectivity index (χ0v) is 24.9. The third-order valence-electron chi connectivity index (χ3n) is 8.82. The molecular formula is C37H22N8O3. The SMILES string of the molecule is O=c1[nH]c2ccccc2n1-c1c(-c2ncc[nH]2)cc(-c2n[nH]c3ccccc23)c(-c2cccc3nonc23)c1-c1cc2ccccc2o1. The van der Waals surface area contributed by atoms with Crippen molar-refractivity contribution >= 4 is 43.9 Å². The minimum atomic E-state index is -0.313. The van der Waals surface area contributed by atoms with Gasteiger partial charge in [0.05, 0.1) is 27.8 Å². The summed E-state index contributed by atoms with van der Waals surface area (Å²) in [5.41, 5.74) is 8.59. The van der Waals surface area contributed by atoms with E-state index in [0.717, 1.165) is 33.0 Å². The van der Waals surface area contributed by atoms with Crippen LogP contribution in [0.15, 0.2) is 129 Å². The topological polar surface area (TPSA) is 147 Å². The minimum absolute atomic E-state index is 0.313. The lowest BCUT2D eigenvalue weighted by Crippen LogP contribution is -2.17. The molecule has 0 radical (unpaired) electrons. The second kappa shape index (κ2) is 9.99. The van der Waals surface area contributed by atoms with Gasteiger partial charge in [-0.1, -0.05) is 60.7 Å². The molecule has 0 aliphatic heterocycles. The van der Waals surface area contributed by atoms with Gasteiger partial charge in [0.2, 0.25) is 0 Å². The highest BCUT2D eigenvalue weighted by Gasteiger charge is 2.31. The fourth-order valence-corrected chi connectivity index (χ4v) is 6.76. The molecule has 5 heterocycles. The van der Waals surface area contributed by atoms with Crippen molar-refractivity contribution in [2.24, 2.45) is 0 Å². The third kappa shape index (κ3) is 3.78. The van der Waals surface area contributed by atoms with Crippen molar-refractivity contribution in [1.29, 1.82) is 0 Å². The zero-order chi connectivity index (χ0) is 31.8. The van der Waals surface area contributed by atoms with Crippen molar-refractivity contribution in [2.75, 3.05) is 0 Å². The second-order valence-electron chi connectivity index (χ2n) is 11.5. The van der Waals surface area contributed by atoms with Crippen molar-refractivity contribution in [2.45, 2.75) is 0 Å². The Morgan fingerprint density at radius 2 is 1.60 bits per heavy atom. The van der Waals surface area contributed by atoms with Gasteiger partial charge in [-0.15, -0.1) is 0 Å². The van der Waals surface area contributed by atoms with Crippen LogP contribution >= 0.6 is 0 Å². The van der Waals surface area contributed by atoms with Crippen LogP contribution in [0.3, 0.4) is 0 Å². The summed E-state index contributed by atoms with van der Waals surface area (Å²) in [5.74, 6) is 1.11. The molecule has 11 nitrogen and oxygen atoms in total. The molecule has 11 heteroatoms. The lowest BCUT2D eigenvalue weighted by atomic mass is 9.86. The molecule has 0 fully saturated rings. The Hall–Kier alpha value is -7.01. The van der Waals surface area contributed by atoms with Gasteiger partial charge in [0, 0.05) is 45.4 Å². The van der Waals surface area contributed by atoms with Gasteiger partial charge in [0.1, 0.15) is 33.9 Å². The summed E-state index contributed by atoms with van der Waals surface area (Å²) in [7, 11) is 0. The molecule has 0 aliphatic rings. The number of H-pyrrole nitrogens is 3. The number of para-hydroxylation sites is 4. The summed E-state index contributed by atoms with van der Waals surface area (Å²) in [6.07, 6.45) is 3.45. The predicted molar refractivity (Wildman–Crippen MR) is 183 cm³/mol. The number of fused-ring (bicyclic) bond motifs is 4. The molecule has 228 valence electrons. The van der Waals surface area contributed by atoms with E-state index >= 15 is 0 Å². The molecule has 0 saturated carbocycles. The Morgan fingerprint density at radius 3 is 2.50 bits per heavy atom. The summed E-state index contributed by atoms with van der Waals surface area (Å²) >= 11 is 0. The van der Waals surface area contributed by atoms with Crippen LogP contribution in [-0.2, 0) is 0 Å². The standard InChI is InChI=1S/C37H22N8O3/c46-37-40-26-12-4-5-14-28(26)45(37)35-24(36-38-16-17-39-36)19-23(33-21-9-2-3-11-25(21)41-42-33)31(22-10-7-13-27-34(22)44-48-43-27)32(35)30-18-20-8-1-6-15-29(20)47-30/h1-19H,(H,38,39)(H,40,46)(H,41,42). The van der Waals surface area contributed by atoms with Gasteiger partial charge in [0.25, 0.3) is 0 Å². The maximum absolute atomic E-state index is 14.1. The summed E-state index contributed by atoms with van der Waals surface area (Å²) in [6, 6.07) is 33.2. The number of hydrogen-bond donors (Lipinski definition) is 3. The Balaban J connectivity index is 1.48. The number of hydrogen-bond acceptors (Lipinski definition) is 7. The predicted octanol–water partition coefficient (Wildman–Crippen LogP) is 7.87. The van der Waals surface area contributed by atoms with E-state index in [4.69, 9.17) is 19.1 Å². The number of imidazole rings is 2. The molecule has 0 saturated heterocycles. The smallest absolute Gasteiger partial charge is 0.331 e. The number of aromatic amines is 3. The van der Waals surface area contributed by atoms with Crippen molar-refractivity contribution in [3.05, 3.63) is 126 Å². The van der Waals surface area contributed by atoms with Crippen LogP contribution in [0, 0.1) is 0 Å². The first-order chi connectivity index (χ1) is 23.7. The fourth-order valence-electron chi connectivity index (χ4n) is 6.76. The summed E-state index contributed by atoms with van der Waals surface area (Å²) < 4.78 is 13.6. The minimum Gasteiger partial charge on any atom is -0.456 e. The van der Waals surface area contributed by atoms with Gasteiger partial charge in [-0.05, 0) is 52.8 Å². The van der Waals surface area contributed by atoms with Crippen LogP contribution in [0.5, 0.6) is 0 Å². The largest absolute Gasteiger partial charge is 0.456 e. The van der Waals surface area contributed by atoms with Crippen LogP contribution in [0.4, 0.5) is 0 Å². The van der Waals surface area contributed by atoms with Crippen LogP contribution in [0.2, 0.25) is 0 Å².